The lowest BCUT2D eigenvalue weighted by Gasteiger charge is -2.37. The van der Waals surface area contributed by atoms with E-state index in [0.29, 0.717) is 24.3 Å². The molecule has 2 aliphatic heterocycles. The molecule has 2 heterocycles. The number of amides is 1. The topological polar surface area (TPSA) is 56.8 Å². The van der Waals surface area contributed by atoms with Crippen LogP contribution in [0.4, 0.5) is 8.78 Å². The van der Waals surface area contributed by atoms with Crippen LogP contribution in [-0.2, 0) is 14.9 Å². The predicted octanol–water partition coefficient (Wildman–Crippen LogP) is 4.85. The smallest absolute Gasteiger partial charge is 0.395 e. The molecule has 2 aromatic rings. The van der Waals surface area contributed by atoms with E-state index in [-0.39, 0.29) is 35.7 Å². The normalized spacial score (nSPS) is 29.4. The van der Waals surface area contributed by atoms with Gasteiger partial charge in [-0.15, -0.1) is 8.78 Å². The molecule has 2 saturated carbocycles. The number of nitrogens with one attached hydrogen (secondary N) is 1. The number of fused-ring (bicyclic) bond motifs is 1. The number of carbonyl (C=O) groups excluding carboxylic acids is 1. The summed E-state index contributed by atoms with van der Waals surface area (Å²) in [4.78, 5) is 13.4. The van der Waals surface area contributed by atoms with Crippen LogP contribution in [0.2, 0.25) is 0 Å². The van der Waals surface area contributed by atoms with Crippen molar-refractivity contribution in [3.8, 4) is 11.5 Å². The minimum atomic E-state index is -3.66. The average Bonchev–Trinajstić information content (AvgIpc) is 3.69. The Kier molecular flexibility index (Phi) is 4.47. The van der Waals surface area contributed by atoms with Crippen LogP contribution in [0.3, 0.4) is 0 Å². The molecule has 1 amide bonds. The first-order valence-corrected chi connectivity index (χ1v) is 11.3. The molecule has 0 radical (unpaired) electrons. The van der Waals surface area contributed by atoms with Crippen LogP contribution in [0, 0.1) is 5.92 Å². The summed E-state index contributed by atoms with van der Waals surface area (Å²) in [6.45, 7) is 0. The Balaban J connectivity index is 1.19. The maximum absolute atomic E-state index is 13.4. The van der Waals surface area contributed by atoms with Crippen LogP contribution in [0.5, 0.6) is 11.5 Å². The van der Waals surface area contributed by atoms with E-state index in [1.807, 2.05) is 18.2 Å². The summed E-state index contributed by atoms with van der Waals surface area (Å²) in [6, 6.07) is 14.8. The van der Waals surface area contributed by atoms with Gasteiger partial charge in [-0.25, -0.2) is 0 Å². The lowest BCUT2D eigenvalue weighted by molar-refractivity contribution is -0.286. The van der Waals surface area contributed by atoms with Crippen LogP contribution >= 0.6 is 0 Å². The molecule has 3 atom stereocenters. The lowest BCUT2D eigenvalue weighted by atomic mass is 9.90. The first-order chi connectivity index (χ1) is 15.4. The Morgan fingerprint density at radius 2 is 1.72 bits per heavy atom. The Hall–Kier alpha value is -2.67. The van der Waals surface area contributed by atoms with Gasteiger partial charge in [-0.05, 0) is 67.7 Å². The van der Waals surface area contributed by atoms with Gasteiger partial charge in [-0.2, -0.15) is 0 Å². The van der Waals surface area contributed by atoms with E-state index in [1.54, 1.807) is 6.07 Å². The molecule has 168 valence electrons. The molecule has 7 heteroatoms. The van der Waals surface area contributed by atoms with Crippen molar-refractivity contribution in [2.45, 2.75) is 68.5 Å². The van der Waals surface area contributed by atoms with E-state index in [1.165, 1.54) is 25.0 Å². The molecule has 1 N–H and O–H groups in total. The minimum absolute atomic E-state index is 0.00244. The minimum Gasteiger partial charge on any atom is -0.395 e. The SMILES string of the molecule is O=C(N[C@H]1C[C@@H](C2CC2)O[C@@H](c2ccccc2)C1)C1(c2ccc3c(c2)OC(F)(F)O3)CC1. The molecule has 1 saturated heterocycles. The summed E-state index contributed by atoms with van der Waals surface area (Å²) in [6.07, 6.45) is 1.72. The van der Waals surface area contributed by atoms with Crippen LogP contribution in [0.1, 0.15) is 55.8 Å². The molecular formula is C25H25F2NO4. The van der Waals surface area contributed by atoms with Crippen molar-refractivity contribution in [1.29, 1.82) is 0 Å². The van der Waals surface area contributed by atoms with Gasteiger partial charge in [0, 0.05) is 6.04 Å². The zero-order valence-corrected chi connectivity index (χ0v) is 17.6. The number of halogens is 2. The molecule has 2 aliphatic carbocycles. The fourth-order valence-electron chi connectivity index (χ4n) is 5.07. The first-order valence-electron chi connectivity index (χ1n) is 11.3. The summed E-state index contributed by atoms with van der Waals surface area (Å²) < 4.78 is 42.3. The van der Waals surface area contributed by atoms with Crippen molar-refractivity contribution in [3.63, 3.8) is 0 Å². The number of hydrogen-bond acceptors (Lipinski definition) is 4. The van der Waals surface area contributed by atoms with E-state index in [4.69, 9.17) is 4.74 Å². The highest BCUT2D eigenvalue weighted by Gasteiger charge is 2.53. The molecule has 5 nitrogen and oxygen atoms in total. The summed E-state index contributed by atoms with van der Waals surface area (Å²) in [5.41, 5.74) is 1.14. The first kappa shape index (κ1) is 20.0. The summed E-state index contributed by atoms with van der Waals surface area (Å²) in [5, 5.41) is 3.28. The maximum atomic E-state index is 13.4. The number of ether oxygens (including phenoxy) is 3. The molecule has 0 unspecified atom stereocenters. The number of carbonyl (C=O) groups is 1. The Bertz CT molecular complexity index is 1040. The number of benzene rings is 2. The maximum Gasteiger partial charge on any atom is 0.586 e. The number of rotatable bonds is 5. The monoisotopic (exact) mass is 441 g/mol. The molecule has 32 heavy (non-hydrogen) atoms. The second-order valence-corrected chi connectivity index (χ2v) is 9.46. The summed E-state index contributed by atoms with van der Waals surface area (Å²) in [7, 11) is 0. The third-order valence-electron chi connectivity index (χ3n) is 7.15. The molecule has 2 aromatic carbocycles. The van der Waals surface area contributed by atoms with Gasteiger partial charge < -0.3 is 19.5 Å². The zero-order valence-electron chi connectivity index (χ0n) is 17.6. The van der Waals surface area contributed by atoms with Gasteiger partial charge in [0.25, 0.3) is 0 Å². The van der Waals surface area contributed by atoms with Crippen LogP contribution in [-0.4, -0.2) is 24.3 Å². The molecule has 6 rings (SSSR count). The summed E-state index contributed by atoms with van der Waals surface area (Å²) >= 11 is 0. The molecule has 3 fully saturated rings. The fraction of sp³-hybridized carbons (Fsp3) is 0.480. The molecular weight excluding hydrogens is 416 g/mol. The van der Waals surface area contributed by atoms with Gasteiger partial charge in [0.05, 0.1) is 17.6 Å². The van der Waals surface area contributed by atoms with Crippen LogP contribution < -0.4 is 14.8 Å². The van der Waals surface area contributed by atoms with Crippen molar-refractivity contribution in [2.75, 3.05) is 0 Å². The van der Waals surface area contributed by atoms with E-state index in [2.05, 4.69) is 26.9 Å². The van der Waals surface area contributed by atoms with Crippen molar-refractivity contribution in [3.05, 3.63) is 59.7 Å². The molecule has 4 aliphatic rings. The van der Waals surface area contributed by atoms with Crippen molar-refractivity contribution < 1.29 is 27.8 Å². The Morgan fingerprint density at radius 3 is 2.44 bits per heavy atom. The second-order valence-electron chi connectivity index (χ2n) is 9.46. The van der Waals surface area contributed by atoms with E-state index >= 15 is 0 Å². The van der Waals surface area contributed by atoms with E-state index < -0.39 is 11.7 Å². The Morgan fingerprint density at radius 1 is 0.969 bits per heavy atom. The number of alkyl halides is 2. The van der Waals surface area contributed by atoms with Gasteiger partial charge in [-0.1, -0.05) is 36.4 Å². The second kappa shape index (κ2) is 7.17. The highest BCUT2D eigenvalue weighted by atomic mass is 19.3. The van der Waals surface area contributed by atoms with E-state index in [9.17, 15) is 13.6 Å². The fourth-order valence-corrected chi connectivity index (χ4v) is 5.07. The predicted molar refractivity (Wildman–Crippen MR) is 112 cm³/mol. The van der Waals surface area contributed by atoms with Crippen molar-refractivity contribution >= 4 is 5.91 Å². The quantitative estimate of drug-likeness (QED) is 0.721. The van der Waals surface area contributed by atoms with Crippen LogP contribution in [0.15, 0.2) is 48.5 Å². The zero-order chi connectivity index (χ0) is 21.9. The van der Waals surface area contributed by atoms with Gasteiger partial charge in [0.1, 0.15) is 0 Å². The highest BCUT2D eigenvalue weighted by Crippen LogP contribution is 2.52. The molecule has 0 spiro atoms. The lowest BCUT2D eigenvalue weighted by Crippen LogP contribution is -2.47. The van der Waals surface area contributed by atoms with Gasteiger partial charge in [-0.3, -0.25) is 4.79 Å². The third kappa shape index (κ3) is 3.62. The largest absolute Gasteiger partial charge is 0.586 e. The van der Waals surface area contributed by atoms with Crippen molar-refractivity contribution in [1.82, 2.24) is 5.32 Å². The van der Waals surface area contributed by atoms with Gasteiger partial charge >= 0.3 is 6.29 Å². The Labute approximate surface area is 185 Å². The standard InChI is InChI=1S/C25H25F2NO4/c26-25(27)31-19-9-8-17(12-22(19)32-25)24(10-11-24)23(29)28-18-13-20(15-4-2-1-3-5-15)30-21(14-18)16-6-7-16/h1-5,8-9,12,16,18,20-21H,6-7,10-11,13-14H2,(H,28,29)/t18-,20-,21+/m1/s1. The van der Waals surface area contributed by atoms with Gasteiger partial charge in [0.2, 0.25) is 5.91 Å². The molecule has 0 aromatic heterocycles. The average molecular weight is 441 g/mol. The number of hydrogen-bond donors (Lipinski definition) is 1. The molecule has 0 bridgehead atoms. The highest BCUT2D eigenvalue weighted by molar-refractivity contribution is 5.91. The van der Waals surface area contributed by atoms with Crippen molar-refractivity contribution in [2.24, 2.45) is 5.92 Å². The van der Waals surface area contributed by atoms with E-state index in [0.717, 1.165) is 18.4 Å². The third-order valence-corrected chi connectivity index (χ3v) is 7.15. The van der Waals surface area contributed by atoms with Crippen LogP contribution in [0.25, 0.3) is 0 Å². The van der Waals surface area contributed by atoms with Gasteiger partial charge in [0.15, 0.2) is 11.5 Å². The summed E-state index contributed by atoms with van der Waals surface area (Å²) in [5.74, 6) is 0.510.